The van der Waals surface area contributed by atoms with Crippen molar-refractivity contribution in [2.45, 2.75) is 19.8 Å². The Morgan fingerprint density at radius 3 is 2.52 bits per heavy atom. The van der Waals surface area contributed by atoms with Crippen molar-refractivity contribution < 1.29 is 14.3 Å². The fourth-order valence-electron chi connectivity index (χ4n) is 2.30. The molecule has 2 aromatic rings. The van der Waals surface area contributed by atoms with Gasteiger partial charge in [0.05, 0.1) is 5.92 Å². The first-order chi connectivity index (χ1) is 9.97. The third-order valence-electron chi connectivity index (χ3n) is 3.55. The molecule has 2 aromatic carbocycles. The normalized spacial score (nSPS) is 12.1. The van der Waals surface area contributed by atoms with E-state index in [1.807, 2.05) is 19.1 Å². The number of halogens is 2. The Labute approximate surface area is 128 Å². The minimum Gasteiger partial charge on any atom is -0.481 e. The van der Waals surface area contributed by atoms with Crippen LogP contribution in [-0.2, 0) is 17.6 Å². The van der Waals surface area contributed by atoms with Gasteiger partial charge in [0.15, 0.2) is 0 Å². The standard InChI is InChI=1S/C17H16ClFO2/c1-11-6-7-15(19)10-13(11)9-14(17(20)21)8-12-4-2-3-5-16(12)18/h2-7,10,14H,8-9H2,1H3,(H,20,21). The van der Waals surface area contributed by atoms with Gasteiger partial charge in [-0.3, -0.25) is 4.79 Å². The molecule has 1 N–H and O–H groups in total. The van der Waals surface area contributed by atoms with E-state index < -0.39 is 11.9 Å². The van der Waals surface area contributed by atoms with Crippen LogP contribution >= 0.6 is 11.6 Å². The van der Waals surface area contributed by atoms with Crippen molar-refractivity contribution in [2.75, 3.05) is 0 Å². The maximum Gasteiger partial charge on any atom is 0.307 e. The first-order valence-corrected chi connectivity index (χ1v) is 7.06. The zero-order chi connectivity index (χ0) is 15.4. The average molecular weight is 307 g/mol. The first-order valence-electron chi connectivity index (χ1n) is 6.68. The number of benzene rings is 2. The molecule has 0 fully saturated rings. The van der Waals surface area contributed by atoms with E-state index in [-0.39, 0.29) is 12.2 Å². The van der Waals surface area contributed by atoms with Gasteiger partial charge in [-0.1, -0.05) is 35.9 Å². The lowest BCUT2D eigenvalue weighted by Gasteiger charge is -2.15. The van der Waals surface area contributed by atoms with Gasteiger partial charge in [0.1, 0.15) is 5.82 Å². The molecule has 0 aliphatic carbocycles. The minimum atomic E-state index is -0.904. The second kappa shape index (κ2) is 6.72. The van der Waals surface area contributed by atoms with Crippen molar-refractivity contribution >= 4 is 17.6 Å². The zero-order valence-electron chi connectivity index (χ0n) is 11.6. The second-order valence-electron chi connectivity index (χ2n) is 5.11. The summed E-state index contributed by atoms with van der Waals surface area (Å²) in [6.07, 6.45) is 0.606. The van der Waals surface area contributed by atoms with E-state index in [0.717, 1.165) is 16.7 Å². The van der Waals surface area contributed by atoms with E-state index in [1.165, 1.54) is 12.1 Å². The smallest absolute Gasteiger partial charge is 0.307 e. The molecule has 0 bridgehead atoms. The van der Waals surface area contributed by atoms with Gasteiger partial charge in [-0.2, -0.15) is 0 Å². The Balaban J connectivity index is 2.22. The summed E-state index contributed by atoms with van der Waals surface area (Å²) in [5, 5.41) is 9.97. The molecule has 4 heteroatoms. The fraction of sp³-hybridized carbons (Fsp3) is 0.235. The van der Waals surface area contributed by atoms with E-state index in [1.54, 1.807) is 18.2 Å². The molecule has 2 nitrogen and oxygen atoms in total. The van der Waals surface area contributed by atoms with Crippen molar-refractivity contribution in [2.24, 2.45) is 5.92 Å². The number of hydrogen-bond acceptors (Lipinski definition) is 1. The summed E-state index contributed by atoms with van der Waals surface area (Å²) in [7, 11) is 0. The summed E-state index contributed by atoms with van der Waals surface area (Å²) in [4.78, 5) is 11.5. The Bertz CT molecular complexity index is 655. The van der Waals surface area contributed by atoms with Crippen molar-refractivity contribution in [3.8, 4) is 0 Å². The number of carbonyl (C=O) groups is 1. The zero-order valence-corrected chi connectivity index (χ0v) is 12.4. The van der Waals surface area contributed by atoms with Crippen molar-refractivity contribution in [3.05, 3.63) is 70.0 Å². The summed E-state index contributed by atoms with van der Waals surface area (Å²) in [5.41, 5.74) is 2.40. The molecule has 1 atom stereocenters. The first kappa shape index (κ1) is 15.5. The number of aliphatic carboxylic acids is 1. The molecular weight excluding hydrogens is 291 g/mol. The SMILES string of the molecule is Cc1ccc(F)cc1CC(Cc1ccccc1Cl)C(=O)O. The van der Waals surface area contributed by atoms with Crippen LogP contribution in [0.25, 0.3) is 0 Å². The van der Waals surface area contributed by atoms with Crippen molar-refractivity contribution in [1.29, 1.82) is 0 Å². The predicted octanol–water partition coefficient (Wildman–Crippen LogP) is 4.27. The van der Waals surface area contributed by atoms with Crippen LogP contribution in [0.2, 0.25) is 5.02 Å². The highest BCUT2D eigenvalue weighted by Gasteiger charge is 2.20. The lowest BCUT2D eigenvalue weighted by atomic mass is 9.91. The maximum absolute atomic E-state index is 13.3. The van der Waals surface area contributed by atoms with Gasteiger partial charge in [-0.25, -0.2) is 4.39 Å². The second-order valence-corrected chi connectivity index (χ2v) is 5.51. The molecule has 0 spiro atoms. The highest BCUT2D eigenvalue weighted by Crippen LogP contribution is 2.23. The Kier molecular flexibility index (Phi) is 4.97. The van der Waals surface area contributed by atoms with E-state index in [4.69, 9.17) is 11.6 Å². The van der Waals surface area contributed by atoms with Crippen LogP contribution in [0.4, 0.5) is 4.39 Å². The highest BCUT2D eigenvalue weighted by atomic mass is 35.5. The molecule has 0 radical (unpaired) electrons. The van der Waals surface area contributed by atoms with Gasteiger partial charge in [0.2, 0.25) is 0 Å². The third-order valence-corrected chi connectivity index (χ3v) is 3.92. The van der Waals surface area contributed by atoms with E-state index in [2.05, 4.69) is 0 Å². The van der Waals surface area contributed by atoms with Gasteiger partial charge in [0.25, 0.3) is 0 Å². The summed E-state index contributed by atoms with van der Waals surface area (Å²) < 4.78 is 13.3. The number of rotatable bonds is 5. The topological polar surface area (TPSA) is 37.3 Å². The largest absolute Gasteiger partial charge is 0.481 e. The predicted molar refractivity (Wildman–Crippen MR) is 81.1 cm³/mol. The molecule has 0 amide bonds. The van der Waals surface area contributed by atoms with Crippen molar-refractivity contribution in [1.82, 2.24) is 0 Å². The highest BCUT2D eigenvalue weighted by molar-refractivity contribution is 6.31. The number of carboxylic acids is 1. The molecule has 1 unspecified atom stereocenters. The van der Waals surface area contributed by atoms with Crippen LogP contribution in [0, 0.1) is 18.7 Å². The average Bonchev–Trinajstić information content (AvgIpc) is 2.44. The van der Waals surface area contributed by atoms with Crippen LogP contribution in [0.1, 0.15) is 16.7 Å². The fourth-order valence-corrected chi connectivity index (χ4v) is 2.51. The van der Waals surface area contributed by atoms with Gasteiger partial charge in [-0.05, 0) is 54.7 Å². The van der Waals surface area contributed by atoms with Gasteiger partial charge >= 0.3 is 5.97 Å². The molecule has 0 heterocycles. The van der Waals surface area contributed by atoms with Crippen molar-refractivity contribution in [3.63, 3.8) is 0 Å². The molecule has 110 valence electrons. The lowest BCUT2D eigenvalue weighted by Crippen LogP contribution is -2.20. The summed E-state index contributed by atoms with van der Waals surface area (Å²) in [6, 6.07) is 11.6. The van der Waals surface area contributed by atoms with Crippen LogP contribution in [-0.4, -0.2) is 11.1 Å². The maximum atomic E-state index is 13.3. The van der Waals surface area contributed by atoms with Gasteiger partial charge in [0, 0.05) is 5.02 Å². The molecule has 0 aliphatic heterocycles. The number of hydrogen-bond donors (Lipinski definition) is 1. The van der Waals surface area contributed by atoms with E-state index in [9.17, 15) is 14.3 Å². The molecule has 2 rings (SSSR count). The van der Waals surface area contributed by atoms with Crippen LogP contribution < -0.4 is 0 Å². The van der Waals surface area contributed by atoms with Crippen LogP contribution in [0.5, 0.6) is 0 Å². The van der Waals surface area contributed by atoms with Gasteiger partial charge < -0.3 is 5.11 Å². The molecular formula is C17H16ClFO2. The summed E-state index contributed by atoms with van der Waals surface area (Å²) >= 11 is 6.08. The number of aryl methyl sites for hydroxylation is 1. The quantitative estimate of drug-likeness (QED) is 0.895. The monoisotopic (exact) mass is 306 g/mol. The molecule has 21 heavy (non-hydrogen) atoms. The Hall–Kier alpha value is -1.87. The van der Waals surface area contributed by atoms with Crippen LogP contribution in [0.15, 0.2) is 42.5 Å². The number of carboxylic acid groups (broad SMARTS) is 1. The van der Waals surface area contributed by atoms with E-state index >= 15 is 0 Å². The van der Waals surface area contributed by atoms with Crippen LogP contribution in [0.3, 0.4) is 0 Å². The summed E-state index contributed by atoms with van der Waals surface area (Å²) in [5.74, 6) is -1.89. The third kappa shape index (κ3) is 4.05. The summed E-state index contributed by atoms with van der Waals surface area (Å²) in [6.45, 7) is 1.85. The Morgan fingerprint density at radius 1 is 1.19 bits per heavy atom. The molecule has 0 saturated carbocycles. The van der Waals surface area contributed by atoms with Gasteiger partial charge in [-0.15, -0.1) is 0 Å². The Morgan fingerprint density at radius 2 is 1.86 bits per heavy atom. The minimum absolute atomic E-state index is 0.282. The molecule has 0 saturated heterocycles. The molecule has 0 aliphatic rings. The lowest BCUT2D eigenvalue weighted by molar-refractivity contribution is -0.141. The molecule has 0 aromatic heterocycles. The van der Waals surface area contributed by atoms with E-state index in [0.29, 0.717) is 11.4 Å².